The van der Waals surface area contributed by atoms with E-state index < -0.39 is 5.91 Å². The Morgan fingerprint density at radius 3 is 2.29 bits per heavy atom. The number of hydrogen-bond donors (Lipinski definition) is 2. The van der Waals surface area contributed by atoms with Crippen LogP contribution in [-0.2, 0) is 20.8 Å². The third-order valence-corrected chi connectivity index (χ3v) is 9.68. The van der Waals surface area contributed by atoms with Gasteiger partial charge in [0.05, 0.1) is 26.9 Å². The molecule has 2 aromatic heterocycles. The highest BCUT2D eigenvalue weighted by molar-refractivity contribution is 8.93. The summed E-state index contributed by atoms with van der Waals surface area (Å²) >= 11 is 0. The Hall–Kier alpha value is -5.05. The lowest BCUT2D eigenvalue weighted by atomic mass is 9.99. The Morgan fingerprint density at radius 2 is 1.58 bits per heavy atom. The zero-order valence-electron chi connectivity index (χ0n) is 30.9. The second-order valence-corrected chi connectivity index (χ2v) is 13.5. The maximum absolute atomic E-state index is 13.8. The maximum Gasteiger partial charge on any atom is 0.261 e. The molecule has 5 aromatic rings. The second-order valence-electron chi connectivity index (χ2n) is 13.5. The zero-order chi connectivity index (χ0) is 36.7. The van der Waals surface area contributed by atoms with E-state index in [9.17, 15) is 9.59 Å². The molecule has 2 saturated heterocycles. The van der Waals surface area contributed by atoms with Crippen molar-refractivity contribution in [2.24, 2.45) is 5.92 Å². The molecule has 1 amide bonds. The molecule has 0 bridgehead atoms. The van der Waals surface area contributed by atoms with E-state index >= 15 is 0 Å². The fourth-order valence-corrected chi connectivity index (χ4v) is 6.64. The first-order chi connectivity index (χ1) is 25.8. The molecule has 2 aliphatic heterocycles. The molecule has 13 heteroatoms. The predicted octanol–water partition coefficient (Wildman–Crippen LogP) is 6.37. The number of benzene rings is 3. The molecule has 55 heavy (non-hydrogen) atoms. The lowest BCUT2D eigenvalue weighted by Gasteiger charge is -2.23. The van der Waals surface area contributed by atoms with Crippen LogP contribution in [0.1, 0.15) is 28.8 Å². The standard InChI is InChI=1S/C42H44N4O7.BrH.H2O/c1-27-3-5-30(6-4-27)36-23-46(22-28-13-15-50-16-14-28)24-37(40(36)47)42(48)45-33-10-7-29(8-11-33)35-19-32(21-44-41(35)43)31-9-12-38(39(20-31)49-2)53-26-34-25-51-17-18-52-34;;/h3-12,19-21,23-24,28,34H,13-18,22,25-26H2,1-2H3,(H2,43,44)(H,45,48);1H;1H2/t34-;;/m1../s1. The largest absolute Gasteiger partial charge is 0.493 e. The van der Waals surface area contributed by atoms with Crippen molar-refractivity contribution >= 4 is 34.4 Å². The zero-order valence-corrected chi connectivity index (χ0v) is 32.6. The summed E-state index contributed by atoms with van der Waals surface area (Å²) in [5.74, 6) is 1.48. The van der Waals surface area contributed by atoms with Crippen LogP contribution in [0.25, 0.3) is 33.4 Å². The van der Waals surface area contributed by atoms with Gasteiger partial charge in [-0.15, -0.1) is 17.0 Å². The van der Waals surface area contributed by atoms with E-state index in [-0.39, 0.29) is 39.6 Å². The van der Waals surface area contributed by atoms with Crippen molar-refractivity contribution in [1.29, 1.82) is 0 Å². The van der Waals surface area contributed by atoms with Crippen LogP contribution in [0.15, 0.2) is 96.2 Å². The van der Waals surface area contributed by atoms with Crippen molar-refractivity contribution in [3.05, 3.63) is 113 Å². The maximum atomic E-state index is 13.8. The summed E-state index contributed by atoms with van der Waals surface area (Å²) in [6.45, 7) is 6.13. The van der Waals surface area contributed by atoms with E-state index in [1.807, 2.05) is 78.4 Å². The predicted molar refractivity (Wildman–Crippen MR) is 218 cm³/mol. The monoisotopic (exact) mass is 814 g/mol. The first-order valence-electron chi connectivity index (χ1n) is 17.9. The Kier molecular flexibility index (Phi) is 14.2. The van der Waals surface area contributed by atoms with Crippen LogP contribution in [-0.4, -0.2) is 73.8 Å². The Balaban J connectivity index is 0.00000290. The van der Waals surface area contributed by atoms with Crippen LogP contribution in [0.3, 0.4) is 0 Å². The molecule has 290 valence electrons. The summed E-state index contributed by atoms with van der Waals surface area (Å²) in [5.41, 5.74) is 12.3. The highest BCUT2D eigenvalue weighted by Gasteiger charge is 2.21. The molecule has 3 aromatic carbocycles. The molecule has 7 rings (SSSR count). The Bertz CT molecular complexity index is 2110. The van der Waals surface area contributed by atoms with Gasteiger partial charge in [0.15, 0.2) is 11.5 Å². The number of pyridine rings is 2. The molecular formula is C42H47BrN4O8. The van der Waals surface area contributed by atoms with Crippen molar-refractivity contribution in [3.63, 3.8) is 0 Å². The summed E-state index contributed by atoms with van der Waals surface area (Å²) in [5, 5.41) is 2.94. The number of carbonyl (C=O) groups excluding carboxylic acids is 1. The van der Waals surface area contributed by atoms with Crippen molar-refractivity contribution in [2.75, 3.05) is 57.8 Å². The van der Waals surface area contributed by atoms with Crippen LogP contribution in [0.2, 0.25) is 0 Å². The van der Waals surface area contributed by atoms with Crippen LogP contribution >= 0.6 is 17.0 Å². The number of rotatable bonds is 11. The summed E-state index contributed by atoms with van der Waals surface area (Å²) in [4.78, 5) is 32.0. The van der Waals surface area contributed by atoms with Gasteiger partial charge in [0.2, 0.25) is 5.43 Å². The summed E-state index contributed by atoms with van der Waals surface area (Å²) < 4.78 is 30.3. The van der Waals surface area contributed by atoms with E-state index in [4.69, 9.17) is 29.4 Å². The first-order valence-corrected chi connectivity index (χ1v) is 17.9. The molecular weight excluding hydrogens is 768 g/mol. The first kappa shape index (κ1) is 41.1. The molecule has 2 fully saturated rings. The summed E-state index contributed by atoms with van der Waals surface area (Å²) in [6.07, 6.45) is 6.99. The topological polar surface area (TPSA) is 168 Å². The van der Waals surface area contributed by atoms with Crippen LogP contribution in [0.4, 0.5) is 11.5 Å². The van der Waals surface area contributed by atoms with Gasteiger partial charge in [-0.1, -0.05) is 48.0 Å². The molecule has 2 aliphatic rings. The van der Waals surface area contributed by atoms with Gasteiger partial charge in [-0.2, -0.15) is 0 Å². The van der Waals surface area contributed by atoms with Crippen molar-refractivity contribution in [3.8, 4) is 44.9 Å². The number of anilines is 2. The van der Waals surface area contributed by atoms with Gasteiger partial charge in [0, 0.05) is 60.7 Å². The molecule has 0 aliphatic carbocycles. The normalized spacial score (nSPS) is 15.6. The Morgan fingerprint density at radius 1 is 0.873 bits per heavy atom. The lowest BCUT2D eigenvalue weighted by Crippen LogP contribution is -2.33. The van der Waals surface area contributed by atoms with Gasteiger partial charge in [-0.3, -0.25) is 9.59 Å². The third-order valence-electron chi connectivity index (χ3n) is 9.68. The molecule has 0 spiro atoms. The number of amides is 1. The van der Waals surface area contributed by atoms with Gasteiger partial charge < -0.3 is 44.8 Å². The number of carbonyl (C=O) groups is 1. The average Bonchev–Trinajstić information content (AvgIpc) is 3.19. The third kappa shape index (κ3) is 9.99. The van der Waals surface area contributed by atoms with Crippen molar-refractivity contribution in [2.45, 2.75) is 32.4 Å². The average molecular weight is 816 g/mol. The minimum atomic E-state index is -0.471. The number of halogens is 1. The number of aromatic nitrogens is 2. The highest BCUT2D eigenvalue weighted by Crippen LogP contribution is 2.35. The minimum Gasteiger partial charge on any atom is -0.493 e. The van der Waals surface area contributed by atoms with E-state index in [0.717, 1.165) is 59.4 Å². The minimum absolute atomic E-state index is 0. The summed E-state index contributed by atoms with van der Waals surface area (Å²) in [6, 6.07) is 22.8. The SMILES string of the molecule is Br.COc1cc(-c2cnc(N)c(-c3ccc(NC(=O)c4cn(CC5CCOCC5)cc(-c5ccc(C)cc5)c4=O)cc3)c2)ccc1OC[C@H]1COCCO1.O. The number of hydrogen-bond acceptors (Lipinski definition) is 9. The quantitative estimate of drug-likeness (QED) is 0.154. The molecule has 0 unspecified atom stereocenters. The van der Waals surface area contributed by atoms with Crippen molar-refractivity contribution in [1.82, 2.24) is 9.55 Å². The fourth-order valence-electron chi connectivity index (χ4n) is 6.64. The van der Waals surface area contributed by atoms with Gasteiger partial charge in [0.25, 0.3) is 5.91 Å². The molecule has 1 atom stereocenters. The molecule has 4 heterocycles. The number of nitrogens with zero attached hydrogens (tertiary/aromatic N) is 2. The van der Waals surface area contributed by atoms with Crippen molar-refractivity contribution < 1.29 is 34.0 Å². The van der Waals surface area contributed by atoms with Gasteiger partial charge in [-0.25, -0.2) is 4.98 Å². The summed E-state index contributed by atoms with van der Waals surface area (Å²) in [7, 11) is 1.60. The number of nitrogen functional groups attached to an aromatic ring is 1. The van der Waals surface area contributed by atoms with E-state index in [1.165, 1.54) is 0 Å². The Labute approximate surface area is 330 Å². The van der Waals surface area contributed by atoms with E-state index in [2.05, 4.69) is 10.3 Å². The van der Waals surface area contributed by atoms with Crippen LogP contribution in [0.5, 0.6) is 11.5 Å². The van der Waals surface area contributed by atoms with Gasteiger partial charge in [-0.05, 0) is 72.7 Å². The number of nitrogens with two attached hydrogens (primary N) is 1. The lowest BCUT2D eigenvalue weighted by molar-refractivity contribution is -0.101. The number of ether oxygens (including phenoxy) is 5. The van der Waals surface area contributed by atoms with Gasteiger partial charge in [0.1, 0.15) is 24.1 Å². The van der Waals surface area contributed by atoms with Crippen LogP contribution < -0.4 is 26.0 Å². The highest BCUT2D eigenvalue weighted by atomic mass is 79.9. The number of nitrogens with one attached hydrogen (secondary N) is 1. The molecule has 0 radical (unpaired) electrons. The number of aryl methyl sites for hydroxylation is 1. The smallest absolute Gasteiger partial charge is 0.261 e. The van der Waals surface area contributed by atoms with E-state index in [0.29, 0.717) is 67.5 Å². The second kappa shape index (κ2) is 19.0. The van der Waals surface area contributed by atoms with E-state index in [1.54, 1.807) is 31.6 Å². The van der Waals surface area contributed by atoms with Crippen LogP contribution in [0, 0.1) is 12.8 Å². The molecule has 0 saturated carbocycles. The molecule has 5 N–H and O–H groups in total. The van der Waals surface area contributed by atoms with Gasteiger partial charge >= 0.3 is 0 Å². The fraction of sp³-hybridized carbons (Fsp3) is 0.310. The molecule has 12 nitrogen and oxygen atoms in total. The number of methoxy groups -OCH3 is 1.